The molecule has 2 aromatic carbocycles. The molecule has 31 heavy (non-hydrogen) atoms. The van der Waals surface area contributed by atoms with E-state index in [1.165, 1.54) is 23.1 Å². The molecule has 8 heteroatoms. The Morgan fingerprint density at radius 1 is 1.23 bits per heavy atom. The number of carbonyl (C=O) groups is 1. The summed E-state index contributed by atoms with van der Waals surface area (Å²) in [6.07, 6.45) is 1.76. The Morgan fingerprint density at radius 3 is 2.61 bits per heavy atom. The summed E-state index contributed by atoms with van der Waals surface area (Å²) in [7, 11) is 0. The number of fused-ring (bicyclic) bond motifs is 1. The predicted octanol–water partition coefficient (Wildman–Crippen LogP) is 3.21. The molecule has 0 amide bonds. The number of aromatic nitrogens is 1. The van der Waals surface area contributed by atoms with Crippen molar-refractivity contribution in [2.75, 3.05) is 6.61 Å². The van der Waals surface area contributed by atoms with E-state index in [0.29, 0.717) is 20.6 Å². The van der Waals surface area contributed by atoms with Gasteiger partial charge in [0, 0.05) is 4.90 Å². The first-order valence-electron chi connectivity index (χ1n) is 9.68. The van der Waals surface area contributed by atoms with Crippen LogP contribution in [0.2, 0.25) is 0 Å². The maximum absolute atomic E-state index is 13.4. The van der Waals surface area contributed by atoms with Crippen molar-refractivity contribution in [3.05, 3.63) is 91.1 Å². The Morgan fingerprint density at radius 2 is 1.94 bits per heavy atom. The number of hydrogen-bond acceptors (Lipinski definition) is 7. The number of aromatic hydroxyl groups is 1. The van der Waals surface area contributed by atoms with Crippen LogP contribution in [0.25, 0.3) is 6.08 Å². The minimum atomic E-state index is -0.584. The Hall–Kier alpha value is -3.10. The molecule has 1 N–H and O–H groups in total. The Kier molecular flexibility index (Phi) is 6.11. The molecule has 4 rings (SSSR count). The number of thioether (sulfide) groups is 1. The van der Waals surface area contributed by atoms with Crippen LogP contribution in [0.3, 0.4) is 0 Å². The second kappa shape index (κ2) is 8.95. The Labute approximate surface area is 186 Å². The van der Waals surface area contributed by atoms with E-state index >= 15 is 0 Å². The summed E-state index contributed by atoms with van der Waals surface area (Å²) in [5.41, 5.74) is 1.49. The molecule has 0 bridgehead atoms. The number of esters is 1. The highest BCUT2D eigenvalue weighted by Gasteiger charge is 2.32. The number of phenols is 1. The van der Waals surface area contributed by atoms with E-state index in [0.717, 1.165) is 10.5 Å². The number of benzene rings is 2. The fourth-order valence-corrected chi connectivity index (χ4v) is 5.57. The van der Waals surface area contributed by atoms with Crippen LogP contribution >= 0.6 is 23.1 Å². The van der Waals surface area contributed by atoms with Crippen LogP contribution in [0, 0.1) is 0 Å². The molecule has 0 saturated heterocycles. The van der Waals surface area contributed by atoms with Gasteiger partial charge in [-0.1, -0.05) is 53.4 Å². The maximum atomic E-state index is 13.4. The van der Waals surface area contributed by atoms with Gasteiger partial charge in [-0.25, -0.2) is 9.79 Å². The van der Waals surface area contributed by atoms with Gasteiger partial charge in [0.1, 0.15) is 11.1 Å². The third-order valence-electron chi connectivity index (χ3n) is 4.65. The molecule has 1 aromatic heterocycles. The van der Waals surface area contributed by atoms with Crippen molar-refractivity contribution in [3.63, 3.8) is 0 Å². The summed E-state index contributed by atoms with van der Waals surface area (Å²) in [5.74, 6) is -0.308. The number of carbonyl (C=O) groups excluding carboxylic acids is 1. The van der Waals surface area contributed by atoms with Gasteiger partial charge in [0.2, 0.25) is 0 Å². The van der Waals surface area contributed by atoms with E-state index in [4.69, 9.17) is 4.74 Å². The Balaban J connectivity index is 1.87. The van der Waals surface area contributed by atoms with Crippen LogP contribution in [0.4, 0.5) is 0 Å². The lowest BCUT2D eigenvalue weighted by Crippen LogP contribution is -2.38. The van der Waals surface area contributed by atoms with Gasteiger partial charge in [-0.2, -0.15) is 0 Å². The van der Waals surface area contributed by atoms with Gasteiger partial charge in [-0.05, 0) is 49.8 Å². The minimum Gasteiger partial charge on any atom is -0.508 e. The molecule has 1 aliphatic rings. The van der Waals surface area contributed by atoms with Gasteiger partial charge >= 0.3 is 5.97 Å². The third-order valence-corrected chi connectivity index (χ3v) is 6.85. The second-order valence-electron chi connectivity index (χ2n) is 6.77. The van der Waals surface area contributed by atoms with Gasteiger partial charge in [0.05, 0.1) is 22.4 Å². The van der Waals surface area contributed by atoms with Crippen molar-refractivity contribution in [3.8, 4) is 5.75 Å². The SMILES string of the molecule is CCOC(=O)C1=C(C)N=c2s/c(=C\c3ccc(O)cc3)c(=O)n2C1Sc1ccccc1. The molecular formula is C23H20N2O4S2. The van der Waals surface area contributed by atoms with Gasteiger partial charge in [0.25, 0.3) is 5.56 Å². The van der Waals surface area contributed by atoms with Crippen molar-refractivity contribution in [1.82, 2.24) is 4.57 Å². The van der Waals surface area contributed by atoms with Crippen molar-refractivity contribution in [2.24, 2.45) is 4.99 Å². The summed E-state index contributed by atoms with van der Waals surface area (Å²) < 4.78 is 7.34. The van der Waals surface area contributed by atoms with Crippen molar-refractivity contribution in [1.29, 1.82) is 0 Å². The summed E-state index contributed by atoms with van der Waals surface area (Å²) in [6, 6.07) is 16.2. The zero-order valence-electron chi connectivity index (χ0n) is 16.9. The van der Waals surface area contributed by atoms with Crippen LogP contribution in [0.15, 0.2) is 80.5 Å². The van der Waals surface area contributed by atoms with E-state index in [2.05, 4.69) is 4.99 Å². The third kappa shape index (κ3) is 4.35. The standard InChI is InChI=1S/C23H20N2O4S2/c1-3-29-22(28)19-14(2)24-23-25(21(19)30-17-7-5-4-6-8-17)20(27)18(31-23)13-15-9-11-16(26)12-10-15/h4-13,21,26H,3H2,1-2H3/b18-13-. The van der Waals surface area contributed by atoms with Crippen LogP contribution in [0.1, 0.15) is 24.8 Å². The van der Waals surface area contributed by atoms with Gasteiger partial charge < -0.3 is 9.84 Å². The van der Waals surface area contributed by atoms with Crippen LogP contribution in [-0.4, -0.2) is 22.2 Å². The van der Waals surface area contributed by atoms with E-state index in [9.17, 15) is 14.7 Å². The highest BCUT2D eigenvalue weighted by atomic mass is 32.2. The number of allylic oxidation sites excluding steroid dienone is 1. The topological polar surface area (TPSA) is 80.9 Å². The Bertz CT molecular complexity index is 1320. The lowest BCUT2D eigenvalue weighted by Gasteiger charge is -2.23. The first-order chi connectivity index (χ1) is 15.0. The average molecular weight is 453 g/mol. The quantitative estimate of drug-likeness (QED) is 0.602. The fraction of sp³-hybridized carbons (Fsp3) is 0.174. The van der Waals surface area contributed by atoms with Crippen LogP contribution < -0.4 is 14.9 Å². The minimum absolute atomic E-state index is 0.160. The fourth-order valence-electron chi connectivity index (χ4n) is 3.20. The second-order valence-corrected chi connectivity index (χ2v) is 8.94. The first-order valence-corrected chi connectivity index (χ1v) is 11.4. The first kappa shape index (κ1) is 21.1. The molecule has 2 heterocycles. The summed E-state index contributed by atoms with van der Waals surface area (Å²) in [4.78, 5) is 32.1. The zero-order chi connectivity index (χ0) is 22.0. The van der Waals surface area contributed by atoms with Crippen LogP contribution in [-0.2, 0) is 9.53 Å². The molecule has 0 aliphatic carbocycles. The molecule has 1 atom stereocenters. The highest BCUT2D eigenvalue weighted by Crippen LogP contribution is 2.38. The summed E-state index contributed by atoms with van der Waals surface area (Å²) >= 11 is 2.69. The lowest BCUT2D eigenvalue weighted by atomic mass is 10.2. The number of ether oxygens (including phenoxy) is 1. The van der Waals surface area contributed by atoms with E-state index in [-0.39, 0.29) is 17.9 Å². The van der Waals surface area contributed by atoms with Gasteiger partial charge in [0.15, 0.2) is 4.80 Å². The predicted molar refractivity (Wildman–Crippen MR) is 122 cm³/mol. The van der Waals surface area contributed by atoms with Gasteiger partial charge in [-0.3, -0.25) is 9.36 Å². The van der Waals surface area contributed by atoms with Gasteiger partial charge in [-0.15, -0.1) is 0 Å². The van der Waals surface area contributed by atoms with Crippen molar-refractivity contribution >= 4 is 35.1 Å². The van der Waals surface area contributed by atoms with E-state index in [1.54, 1.807) is 48.8 Å². The molecule has 158 valence electrons. The molecular weight excluding hydrogens is 432 g/mol. The molecule has 3 aromatic rings. The largest absolute Gasteiger partial charge is 0.508 e. The average Bonchev–Trinajstić information content (AvgIpc) is 3.05. The maximum Gasteiger partial charge on any atom is 0.338 e. The number of hydrogen-bond donors (Lipinski definition) is 1. The number of thiazole rings is 1. The number of phenolic OH excluding ortho intramolecular Hbond substituents is 1. The monoisotopic (exact) mass is 452 g/mol. The van der Waals surface area contributed by atoms with Crippen LogP contribution in [0.5, 0.6) is 5.75 Å². The normalized spacial score (nSPS) is 16.1. The van der Waals surface area contributed by atoms with Crippen molar-refractivity contribution < 1.29 is 14.6 Å². The molecule has 0 saturated carbocycles. The molecule has 0 radical (unpaired) electrons. The molecule has 0 fully saturated rings. The summed E-state index contributed by atoms with van der Waals surface area (Å²) in [5, 5.41) is 8.91. The van der Waals surface area contributed by atoms with E-state index < -0.39 is 11.3 Å². The smallest absolute Gasteiger partial charge is 0.338 e. The zero-order valence-corrected chi connectivity index (χ0v) is 18.6. The lowest BCUT2D eigenvalue weighted by molar-refractivity contribution is -0.138. The molecule has 6 nitrogen and oxygen atoms in total. The van der Waals surface area contributed by atoms with E-state index in [1.807, 2.05) is 30.3 Å². The molecule has 0 spiro atoms. The summed E-state index contributed by atoms with van der Waals surface area (Å²) in [6.45, 7) is 3.76. The number of rotatable bonds is 5. The number of nitrogens with zero attached hydrogens (tertiary/aromatic N) is 2. The molecule has 1 aliphatic heterocycles. The molecule has 1 unspecified atom stereocenters. The highest BCUT2D eigenvalue weighted by molar-refractivity contribution is 7.99. The van der Waals surface area contributed by atoms with Crippen molar-refractivity contribution in [2.45, 2.75) is 24.1 Å².